The van der Waals surface area contributed by atoms with Gasteiger partial charge in [-0.15, -0.1) is 0 Å². The lowest BCUT2D eigenvalue weighted by Gasteiger charge is -2.17. The van der Waals surface area contributed by atoms with Crippen LogP contribution in [0.15, 0.2) is 42.7 Å². The Labute approximate surface area is 130 Å². The quantitative estimate of drug-likeness (QED) is 0.868. The summed E-state index contributed by atoms with van der Waals surface area (Å²) in [5.41, 5.74) is 1.79. The first-order chi connectivity index (χ1) is 10.7. The molecule has 0 bridgehead atoms. The molecule has 1 aromatic heterocycles. The van der Waals surface area contributed by atoms with Gasteiger partial charge in [0.25, 0.3) is 0 Å². The van der Waals surface area contributed by atoms with Crippen LogP contribution in [0.1, 0.15) is 44.2 Å². The Morgan fingerprint density at radius 1 is 1.23 bits per heavy atom. The molecule has 1 fully saturated rings. The summed E-state index contributed by atoms with van der Waals surface area (Å²) in [6, 6.07) is 9.43. The average Bonchev–Trinajstić information content (AvgIpc) is 3.00. The fraction of sp³-hybridized carbons (Fsp3) is 0.389. The highest BCUT2D eigenvalue weighted by Crippen LogP contribution is 2.27. The van der Waals surface area contributed by atoms with E-state index in [9.17, 15) is 4.39 Å². The summed E-state index contributed by atoms with van der Waals surface area (Å²) in [4.78, 5) is 3.89. The molecule has 116 valence electrons. The van der Waals surface area contributed by atoms with Crippen LogP contribution in [0.3, 0.4) is 0 Å². The van der Waals surface area contributed by atoms with Gasteiger partial charge < -0.3 is 10.1 Å². The zero-order valence-corrected chi connectivity index (χ0v) is 12.8. The van der Waals surface area contributed by atoms with Gasteiger partial charge in [0.05, 0.1) is 18.3 Å². The van der Waals surface area contributed by atoms with Gasteiger partial charge in [-0.05, 0) is 56.4 Å². The smallest absolute Gasteiger partial charge is 0.141 e. The first kappa shape index (κ1) is 14.8. The number of hydrogen-bond acceptors (Lipinski definition) is 3. The van der Waals surface area contributed by atoms with Crippen LogP contribution in [0, 0.1) is 5.82 Å². The average molecular weight is 300 g/mol. The van der Waals surface area contributed by atoms with Crippen molar-refractivity contribution in [3.8, 4) is 5.75 Å². The van der Waals surface area contributed by atoms with Crippen LogP contribution < -0.4 is 10.1 Å². The molecular formula is C18H21FN2O. The monoisotopic (exact) mass is 300 g/mol. The maximum absolute atomic E-state index is 13.2. The van der Waals surface area contributed by atoms with E-state index in [1.165, 1.54) is 25.1 Å². The van der Waals surface area contributed by atoms with E-state index in [1.807, 2.05) is 31.2 Å². The van der Waals surface area contributed by atoms with Gasteiger partial charge in [0.15, 0.2) is 0 Å². The van der Waals surface area contributed by atoms with E-state index in [0.29, 0.717) is 6.10 Å². The van der Waals surface area contributed by atoms with Crippen molar-refractivity contribution in [1.29, 1.82) is 0 Å². The summed E-state index contributed by atoms with van der Waals surface area (Å²) in [5.74, 6) is 0.575. The molecule has 4 heteroatoms. The predicted molar refractivity (Wildman–Crippen MR) is 85.6 cm³/mol. The minimum absolute atomic E-state index is 0.0232. The molecule has 0 spiro atoms. The van der Waals surface area contributed by atoms with Crippen LogP contribution in [-0.2, 0) is 0 Å². The van der Waals surface area contributed by atoms with Crippen molar-refractivity contribution in [1.82, 2.24) is 4.98 Å². The van der Waals surface area contributed by atoms with E-state index >= 15 is 0 Å². The third-order valence-electron chi connectivity index (χ3n) is 4.05. The first-order valence-corrected chi connectivity index (χ1v) is 7.84. The molecular weight excluding hydrogens is 279 g/mol. The van der Waals surface area contributed by atoms with Crippen LogP contribution in [0.5, 0.6) is 5.75 Å². The Kier molecular flexibility index (Phi) is 4.56. The molecule has 1 atom stereocenters. The van der Waals surface area contributed by atoms with Crippen molar-refractivity contribution in [3.05, 3.63) is 54.1 Å². The molecule has 0 radical (unpaired) electrons. The number of nitrogens with zero attached hydrogens (tertiary/aromatic N) is 1. The molecule has 0 amide bonds. The van der Waals surface area contributed by atoms with E-state index in [0.717, 1.165) is 29.8 Å². The molecule has 3 rings (SSSR count). The van der Waals surface area contributed by atoms with Gasteiger partial charge in [0.2, 0.25) is 0 Å². The Morgan fingerprint density at radius 3 is 2.82 bits per heavy atom. The highest BCUT2D eigenvalue weighted by Gasteiger charge is 2.16. The van der Waals surface area contributed by atoms with Gasteiger partial charge in [-0.25, -0.2) is 4.39 Å². The Bertz CT molecular complexity index is 626. The van der Waals surface area contributed by atoms with Gasteiger partial charge in [0, 0.05) is 18.0 Å². The summed E-state index contributed by atoms with van der Waals surface area (Å²) in [7, 11) is 0. The van der Waals surface area contributed by atoms with Crippen molar-refractivity contribution in [2.24, 2.45) is 0 Å². The van der Waals surface area contributed by atoms with Crippen molar-refractivity contribution in [2.45, 2.75) is 44.8 Å². The lowest BCUT2D eigenvalue weighted by molar-refractivity contribution is 0.210. The molecule has 1 aliphatic carbocycles. The topological polar surface area (TPSA) is 34.1 Å². The second kappa shape index (κ2) is 6.77. The number of halogens is 1. The molecule has 2 aromatic rings. The molecule has 0 aliphatic heterocycles. The molecule has 3 nitrogen and oxygen atoms in total. The highest BCUT2D eigenvalue weighted by atomic mass is 19.1. The van der Waals surface area contributed by atoms with Gasteiger partial charge in [-0.3, -0.25) is 4.98 Å². The minimum atomic E-state index is -0.315. The second-order valence-corrected chi connectivity index (χ2v) is 5.85. The van der Waals surface area contributed by atoms with Gasteiger partial charge >= 0.3 is 0 Å². The van der Waals surface area contributed by atoms with Crippen molar-refractivity contribution < 1.29 is 9.13 Å². The fourth-order valence-electron chi connectivity index (χ4n) is 2.86. The summed E-state index contributed by atoms with van der Waals surface area (Å²) < 4.78 is 19.3. The zero-order valence-electron chi connectivity index (χ0n) is 12.8. The molecule has 1 unspecified atom stereocenters. The van der Waals surface area contributed by atoms with Crippen molar-refractivity contribution >= 4 is 5.69 Å². The SMILES string of the molecule is CC(Nc1cccc(OC2CCCC2)c1)c1cncc(F)c1. The molecule has 22 heavy (non-hydrogen) atoms. The highest BCUT2D eigenvalue weighted by molar-refractivity contribution is 5.49. The first-order valence-electron chi connectivity index (χ1n) is 7.84. The number of rotatable bonds is 5. The minimum Gasteiger partial charge on any atom is -0.490 e. The molecule has 1 aliphatic rings. The summed E-state index contributed by atoms with van der Waals surface area (Å²) in [6.07, 6.45) is 8.04. The maximum atomic E-state index is 13.2. The molecule has 1 aromatic carbocycles. The lowest BCUT2D eigenvalue weighted by Crippen LogP contribution is -2.11. The summed E-state index contributed by atoms with van der Waals surface area (Å²) >= 11 is 0. The van der Waals surface area contributed by atoms with Crippen LogP contribution in [0.4, 0.5) is 10.1 Å². The van der Waals surface area contributed by atoms with Crippen molar-refractivity contribution in [2.75, 3.05) is 5.32 Å². The number of anilines is 1. The van der Waals surface area contributed by atoms with Crippen LogP contribution in [-0.4, -0.2) is 11.1 Å². The fourth-order valence-corrected chi connectivity index (χ4v) is 2.86. The molecule has 1 saturated carbocycles. The lowest BCUT2D eigenvalue weighted by atomic mass is 10.1. The molecule has 1 heterocycles. The number of aromatic nitrogens is 1. The third-order valence-corrected chi connectivity index (χ3v) is 4.05. The molecule has 1 N–H and O–H groups in total. The van der Waals surface area contributed by atoms with E-state index in [1.54, 1.807) is 6.20 Å². The number of benzene rings is 1. The van der Waals surface area contributed by atoms with E-state index in [4.69, 9.17) is 4.74 Å². The molecule has 0 saturated heterocycles. The Balaban J connectivity index is 1.66. The van der Waals surface area contributed by atoms with Gasteiger partial charge in [-0.2, -0.15) is 0 Å². The number of nitrogens with one attached hydrogen (secondary N) is 1. The predicted octanol–water partition coefficient (Wildman–Crippen LogP) is 4.72. The second-order valence-electron chi connectivity index (χ2n) is 5.85. The number of pyridine rings is 1. The standard InChI is InChI=1S/C18H21FN2O/c1-13(14-9-15(19)12-20-11-14)21-16-5-4-8-18(10-16)22-17-6-2-3-7-17/h4-5,8-13,17,21H,2-3,6-7H2,1H3. The summed E-state index contributed by atoms with van der Waals surface area (Å²) in [6.45, 7) is 1.99. The van der Waals surface area contributed by atoms with Gasteiger partial charge in [0.1, 0.15) is 11.6 Å². The Hall–Kier alpha value is -2.10. The number of ether oxygens (including phenoxy) is 1. The van der Waals surface area contributed by atoms with Crippen molar-refractivity contribution in [3.63, 3.8) is 0 Å². The summed E-state index contributed by atoms with van der Waals surface area (Å²) in [5, 5.41) is 3.36. The largest absolute Gasteiger partial charge is 0.490 e. The van der Waals surface area contributed by atoms with E-state index in [2.05, 4.69) is 10.3 Å². The van der Waals surface area contributed by atoms with Gasteiger partial charge in [-0.1, -0.05) is 6.07 Å². The van der Waals surface area contributed by atoms with Crippen LogP contribution in [0.2, 0.25) is 0 Å². The Morgan fingerprint density at radius 2 is 2.05 bits per heavy atom. The zero-order chi connectivity index (χ0) is 15.4. The number of hydrogen-bond donors (Lipinski definition) is 1. The maximum Gasteiger partial charge on any atom is 0.141 e. The van der Waals surface area contributed by atoms with E-state index in [-0.39, 0.29) is 11.9 Å². The van der Waals surface area contributed by atoms with Crippen LogP contribution >= 0.6 is 0 Å². The van der Waals surface area contributed by atoms with E-state index < -0.39 is 0 Å². The third kappa shape index (κ3) is 3.75. The normalized spacial score (nSPS) is 16.5. The van der Waals surface area contributed by atoms with Crippen LogP contribution in [0.25, 0.3) is 0 Å².